The van der Waals surface area contributed by atoms with Gasteiger partial charge in [0, 0.05) is 55.3 Å². The maximum atomic E-state index is 13.7. The van der Waals surface area contributed by atoms with E-state index >= 15 is 0 Å². The zero-order chi connectivity index (χ0) is 30.1. The van der Waals surface area contributed by atoms with Crippen LogP contribution in [-0.4, -0.2) is 82.5 Å². The van der Waals surface area contributed by atoms with Crippen molar-refractivity contribution in [3.05, 3.63) is 58.5 Å². The summed E-state index contributed by atoms with van der Waals surface area (Å²) in [6.07, 6.45) is -1.17. The number of aromatic nitrogens is 1. The summed E-state index contributed by atoms with van der Waals surface area (Å²) in [5.41, 5.74) is -0.930. The molecule has 1 aliphatic carbocycles. The quantitative estimate of drug-likeness (QED) is 0.548. The van der Waals surface area contributed by atoms with Crippen LogP contribution < -0.4 is 5.56 Å². The molecule has 1 aromatic heterocycles. The highest BCUT2D eigenvalue weighted by atomic mass is 19.4. The van der Waals surface area contributed by atoms with E-state index in [0.29, 0.717) is 50.3 Å². The van der Waals surface area contributed by atoms with Crippen molar-refractivity contribution in [3.8, 4) is 11.1 Å². The van der Waals surface area contributed by atoms with Crippen LogP contribution in [0.5, 0.6) is 0 Å². The average molecular weight is 590 g/mol. The number of piperidine rings is 1. The van der Waals surface area contributed by atoms with Gasteiger partial charge in [0.25, 0.3) is 11.5 Å². The molecule has 1 unspecified atom stereocenters. The summed E-state index contributed by atoms with van der Waals surface area (Å²) in [5.74, 6) is -2.01. The number of pyridine rings is 1. The molecule has 1 saturated carbocycles. The van der Waals surface area contributed by atoms with Gasteiger partial charge in [0.1, 0.15) is 0 Å². The van der Waals surface area contributed by atoms with E-state index in [9.17, 15) is 32.7 Å². The fourth-order valence-corrected chi connectivity index (χ4v) is 6.98. The molecule has 2 aromatic rings. The molecule has 228 valence electrons. The maximum absolute atomic E-state index is 13.7. The van der Waals surface area contributed by atoms with E-state index in [2.05, 4.69) is 0 Å². The molecule has 5 rings (SSSR count). The van der Waals surface area contributed by atoms with Crippen LogP contribution in [0.25, 0.3) is 11.1 Å². The van der Waals surface area contributed by atoms with Gasteiger partial charge in [-0.2, -0.15) is 13.2 Å². The van der Waals surface area contributed by atoms with Crippen molar-refractivity contribution >= 4 is 11.8 Å². The Labute approximate surface area is 243 Å². The van der Waals surface area contributed by atoms with Crippen molar-refractivity contribution in [2.45, 2.75) is 63.8 Å². The largest absolute Gasteiger partial charge is 0.389 e. The Morgan fingerprint density at radius 3 is 2.33 bits per heavy atom. The van der Waals surface area contributed by atoms with E-state index in [0.717, 1.165) is 18.4 Å². The molecule has 1 N–H and O–H groups in total. The van der Waals surface area contributed by atoms with Gasteiger partial charge >= 0.3 is 6.18 Å². The molecule has 2 aliphatic heterocycles. The Morgan fingerprint density at radius 1 is 1.02 bits per heavy atom. The second kappa shape index (κ2) is 11.8. The van der Waals surface area contributed by atoms with E-state index in [1.807, 2.05) is 30.3 Å². The molecule has 0 radical (unpaired) electrons. The fourth-order valence-electron chi connectivity index (χ4n) is 6.98. The van der Waals surface area contributed by atoms with Gasteiger partial charge in [0.2, 0.25) is 5.91 Å². The van der Waals surface area contributed by atoms with Gasteiger partial charge in [-0.1, -0.05) is 50.1 Å². The monoisotopic (exact) mass is 589 g/mol. The Bertz CT molecular complexity index is 1350. The van der Waals surface area contributed by atoms with Crippen LogP contribution >= 0.6 is 0 Å². The van der Waals surface area contributed by atoms with Gasteiger partial charge in [0.05, 0.1) is 37.3 Å². The second-order valence-electron chi connectivity index (χ2n) is 12.1. The maximum Gasteiger partial charge on any atom is 0.389 e. The first-order valence-corrected chi connectivity index (χ1v) is 14.7. The zero-order valence-corrected chi connectivity index (χ0v) is 23.9. The molecule has 3 aliphatic rings. The van der Waals surface area contributed by atoms with Crippen LogP contribution in [0, 0.1) is 11.3 Å². The minimum absolute atomic E-state index is 0.0789. The van der Waals surface area contributed by atoms with Gasteiger partial charge in [0.15, 0.2) is 0 Å². The highest BCUT2D eigenvalue weighted by Gasteiger charge is 2.56. The third-order valence-electron chi connectivity index (χ3n) is 9.28. The van der Waals surface area contributed by atoms with Crippen molar-refractivity contribution in [3.63, 3.8) is 0 Å². The Balaban J connectivity index is 1.46. The Hall–Kier alpha value is -3.18. The lowest BCUT2D eigenvalue weighted by Gasteiger charge is -2.52. The number of aliphatic hydroxyl groups is 1. The number of likely N-dealkylation sites (tertiary alicyclic amines) is 1. The Kier molecular flexibility index (Phi) is 8.53. The topological polar surface area (TPSA) is 92.1 Å². The lowest BCUT2D eigenvalue weighted by Crippen LogP contribution is -2.62. The van der Waals surface area contributed by atoms with Gasteiger partial charge in [-0.05, 0) is 24.8 Å². The van der Waals surface area contributed by atoms with Crippen LogP contribution in [0.3, 0.4) is 0 Å². The first-order valence-electron chi connectivity index (χ1n) is 14.7. The average Bonchev–Trinajstić information content (AvgIpc) is 3.45. The molecule has 8 nitrogen and oxygen atoms in total. The van der Waals surface area contributed by atoms with Gasteiger partial charge < -0.3 is 24.2 Å². The van der Waals surface area contributed by atoms with Crippen LogP contribution in [0.15, 0.2) is 47.4 Å². The third kappa shape index (κ3) is 6.13. The number of halogens is 3. The highest BCUT2D eigenvalue weighted by Crippen LogP contribution is 2.52. The number of alkyl halides is 3. The number of carbonyl (C=O) groups excluding carboxylic acids is 2. The number of nitrogens with zero attached hydrogens (tertiary/aromatic N) is 3. The minimum Gasteiger partial charge on any atom is -0.387 e. The summed E-state index contributed by atoms with van der Waals surface area (Å²) in [6, 6.07) is 10.6. The summed E-state index contributed by atoms with van der Waals surface area (Å²) in [6.45, 7) is 3.14. The third-order valence-corrected chi connectivity index (χ3v) is 9.28. The van der Waals surface area contributed by atoms with Crippen molar-refractivity contribution in [1.82, 2.24) is 14.4 Å². The molecule has 3 fully saturated rings. The number of morpholine rings is 1. The summed E-state index contributed by atoms with van der Waals surface area (Å²) < 4.78 is 45.8. The van der Waals surface area contributed by atoms with Crippen LogP contribution in [0.1, 0.15) is 55.8 Å². The van der Waals surface area contributed by atoms with E-state index in [-0.39, 0.29) is 37.5 Å². The molecular weight excluding hydrogens is 551 g/mol. The zero-order valence-electron chi connectivity index (χ0n) is 23.9. The molecule has 2 saturated heterocycles. The van der Waals surface area contributed by atoms with Crippen LogP contribution in [-0.2, 0) is 16.1 Å². The van der Waals surface area contributed by atoms with E-state index < -0.39 is 35.4 Å². The van der Waals surface area contributed by atoms with E-state index in [1.165, 1.54) is 28.7 Å². The molecule has 1 spiro atoms. The number of rotatable bonds is 6. The molecule has 42 heavy (non-hydrogen) atoms. The normalized spacial score (nSPS) is 23.3. The predicted molar refractivity (Wildman–Crippen MR) is 150 cm³/mol. The van der Waals surface area contributed by atoms with Crippen molar-refractivity contribution in [1.29, 1.82) is 0 Å². The van der Waals surface area contributed by atoms with Crippen molar-refractivity contribution < 1.29 is 32.6 Å². The first-order chi connectivity index (χ1) is 19.9. The Morgan fingerprint density at radius 2 is 1.69 bits per heavy atom. The lowest BCUT2D eigenvalue weighted by molar-refractivity contribution is -0.172. The van der Waals surface area contributed by atoms with Gasteiger partial charge in [-0.15, -0.1) is 0 Å². The number of ether oxygens (including phenoxy) is 1. The second-order valence-corrected chi connectivity index (χ2v) is 12.1. The predicted octanol–water partition coefficient (Wildman–Crippen LogP) is 4.10. The molecule has 1 aromatic carbocycles. The summed E-state index contributed by atoms with van der Waals surface area (Å²) in [5, 5.41) is 12.2. The number of amides is 2. The molecule has 2 atom stereocenters. The number of carbonyl (C=O) groups is 2. The van der Waals surface area contributed by atoms with E-state index in [4.69, 9.17) is 4.74 Å². The molecule has 2 amide bonds. The highest BCUT2D eigenvalue weighted by molar-refractivity contribution is 6.00. The molecule has 0 bridgehead atoms. The molecular formula is C31H38F3N3O5. The van der Waals surface area contributed by atoms with Gasteiger partial charge in [-0.25, -0.2) is 0 Å². The van der Waals surface area contributed by atoms with Crippen LogP contribution in [0.4, 0.5) is 13.2 Å². The lowest BCUT2D eigenvalue weighted by atomic mass is 9.65. The van der Waals surface area contributed by atoms with Crippen LogP contribution in [0.2, 0.25) is 0 Å². The molecule has 11 heteroatoms. The summed E-state index contributed by atoms with van der Waals surface area (Å²) >= 11 is 0. The SMILES string of the molecule is CC(CC(F)(F)F)C(=O)N1CC[C@](O)(Cn2cc(C(=O)N3CCOCC3)c(-c3ccccc3)cc2=O)C2(CCCC2)C1. The number of benzene rings is 1. The number of hydrogen-bond donors (Lipinski definition) is 1. The smallest absolute Gasteiger partial charge is 0.387 e. The van der Waals surface area contributed by atoms with E-state index in [1.54, 1.807) is 4.90 Å². The summed E-state index contributed by atoms with van der Waals surface area (Å²) in [4.78, 5) is 43.4. The first kappa shape index (κ1) is 30.3. The fraction of sp³-hybridized carbons (Fsp3) is 0.581. The van der Waals surface area contributed by atoms with Crippen molar-refractivity contribution in [2.75, 3.05) is 39.4 Å². The number of hydrogen-bond acceptors (Lipinski definition) is 5. The minimum atomic E-state index is -4.44. The van der Waals surface area contributed by atoms with Gasteiger partial charge in [-0.3, -0.25) is 14.4 Å². The molecule has 3 heterocycles. The standard InChI is InChI=1S/C31H38F3N3O5/c1-22(18-31(32,33)34)27(39)36-12-11-30(41,29(20-36)9-5-6-10-29)21-37-19-25(28(40)35-13-15-42-16-14-35)24(17-26(37)38)23-7-3-2-4-8-23/h2-4,7-8,17,19,22,41H,5-6,9-16,18,20-21H2,1H3/t22?,30-/m0/s1. The van der Waals surface area contributed by atoms with Crippen molar-refractivity contribution in [2.24, 2.45) is 11.3 Å². The summed E-state index contributed by atoms with van der Waals surface area (Å²) in [7, 11) is 0.